The van der Waals surface area contributed by atoms with Crippen LogP contribution in [0.15, 0.2) is 47.6 Å². The number of anilines is 1. The summed E-state index contributed by atoms with van der Waals surface area (Å²) >= 11 is 0. The first kappa shape index (κ1) is 12.0. The number of nitrogens with zero attached hydrogens (tertiary/aromatic N) is 3. The van der Waals surface area contributed by atoms with Gasteiger partial charge in [-0.2, -0.15) is 0 Å². The molecule has 2 rings (SSSR count). The van der Waals surface area contributed by atoms with Crippen molar-refractivity contribution in [3.05, 3.63) is 54.1 Å². The van der Waals surface area contributed by atoms with E-state index in [0.29, 0.717) is 12.5 Å². The molecule has 0 unspecified atom stereocenters. The summed E-state index contributed by atoms with van der Waals surface area (Å²) in [4.78, 5) is 12.5. The lowest BCUT2D eigenvalue weighted by molar-refractivity contribution is 0.924. The smallest absolute Gasteiger partial charge is 0.193 e. The zero-order valence-electron chi connectivity index (χ0n) is 10.2. The Labute approximate surface area is 106 Å². The SMILES string of the molecule is Cc1nccc(CN=C(N)Nc2ccccc2)n1. The number of rotatable bonds is 3. The van der Waals surface area contributed by atoms with E-state index in [1.54, 1.807) is 6.20 Å². The van der Waals surface area contributed by atoms with E-state index < -0.39 is 0 Å². The van der Waals surface area contributed by atoms with E-state index in [0.717, 1.165) is 17.2 Å². The van der Waals surface area contributed by atoms with Crippen LogP contribution in [-0.2, 0) is 6.54 Å². The number of nitrogens with one attached hydrogen (secondary N) is 1. The van der Waals surface area contributed by atoms with Crippen molar-refractivity contribution in [2.75, 3.05) is 5.32 Å². The molecule has 0 radical (unpaired) electrons. The zero-order valence-corrected chi connectivity index (χ0v) is 10.2. The number of aliphatic imine (C=N–C) groups is 1. The monoisotopic (exact) mass is 241 g/mol. The molecule has 1 aromatic carbocycles. The highest BCUT2D eigenvalue weighted by atomic mass is 15.1. The van der Waals surface area contributed by atoms with E-state index in [4.69, 9.17) is 5.73 Å². The number of benzene rings is 1. The number of aromatic nitrogens is 2. The summed E-state index contributed by atoms with van der Waals surface area (Å²) in [5.41, 5.74) is 7.55. The van der Waals surface area contributed by atoms with Crippen LogP contribution in [0, 0.1) is 6.92 Å². The van der Waals surface area contributed by atoms with E-state index >= 15 is 0 Å². The number of hydrogen-bond donors (Lipinski definition) is 2. The Hall–Kier alpha value is -2.43. The molecule has 92 valence electrons. The maximum Gasteiger partial charge on any atom is 0.193 e. The molecule has 5 nitrogen and oxygen atoms in total. The Bertz CT molecular complexity index is 536. The predicted octanol–water partition coefficient (Wildman–Crippen LogP) is 1.71. The van der Waals surface area contributed by atoms with E-state index in [9.17, 15) is 0 Å². The molecule has 5 heteroatoms. The van der Waals surface area contributed by atoms with Gasteiger partial charge < -0.3 is 11.1 Å². The van der Waals surface area contributed by atoms with E-state index in [1.807, 2.05) is 43.3 Å². The van der Waals surface area contributed by atoms with Crippen LogP contribution < -0.4 is 11.1 Å². The lowest BCUT2D eigenvalue weighted by Crippen LogP contribution is -2.22. The number of nitrogens with two attached hydrogens (primary N) is 1. The van der Waals surface area contributed by atoms with E-state index in [1.165, 1.54) is 0 Å². The second kappa shape index (κ2) is 5.77. The number of guanidine groups is 1. The average molecular weight is 241 g/mol. The van der Waals surface area contributed by atoms with Crippen LogP contribution in [0.25, 0.3) is 0 Å². The zero-order chi connectivity index (χ0) is 12.8. The molecular weight excluding hydrogens is 226 g/mol. The normalized spacial score (nSPS) is 11.3. The fourth-order valence-corrected chi connectivity index (χ4v) is 1.47. The van der Waals surface area contributed by atoms with Crippen LogP contribution in [0.1, 0.15) is 11.5 Å². The Balaban J connectivity index is 1.97. The van der Waals surface area contributed by atoms with Gasteiger partial charge in [0.05, 0.1) is 12.2 Å². The Kier molecular flexibility index (Phi) is 3.86. The third-order valence-corrected chi connectivity index (χ3v) is 2.29. The average Bonchev–Trinajstić information content (AvgIpc) is 2.38. The first-order chi connectivity index (χ1) is 8.74. The first-order valence-electron chi connectivity index (χ1n) is 5.64. The molecule has 3 N–H and O–H groups in total. The molecule has 0 aliphatic carbocycles. The Morgan fingerprint density at radius 3 is 2.78 bits per heavy atom. The molecule has 0 atom stereocenters. The summed E-state index contributed by atoms with van der Waals surface area (Å²) in [5, 5.41) is 3.01. The molecule has 0 saturated carbocycles. The Morgan fingerprint density at radius 1 is 1.28 bits per heavy atom. The summed E-state index contributed by atoms with van der Waals surface area (Å²) in [5.74, 6) is 1.11. The number of hydrogen-bond acceptors (Lipinski definition) is 3. The largest absolute Gasteiger partial charge is 0.370 e. The van der Waals surface area contributed by atoms with Crippen molar-refractivity contribution in [3.8, 4) is 0 Å². The topological polar surface area (TPSA) is 76.2 Å². The molecule has 18 heavy (non-hydrogen) atoms. The minimum absolute atomic E-state index is 0.373. The highest BCUT2D eigenvalue weighted by molar-refractivity contribution is 5.92. The predicted molar refractivity (Wildman–Crippen MR) is 72.2 cm³/mol. The van der Waals surface area contributed by atoms with E-state index in [2.05, 4.69) is 20.3 Å². The van der Waals surface area contributed by atoms with Crippen molar-refractivity contribution in [1.29, 1.82) is 0 Å². The highest BCUT2D eigenvalue weighted by Gasteiger charge is 1.96. The van der Waals surface area contributed by atoms with Gasteiger partial charge in [-0.3, -0.25) is 0 Å². The van der Waals surface area contributed by atoms with Gasteiger partial charge in [0, 0.05) is 11.9 Å². The minimum atomic E-state index is 0.373. The number of aryl methyl sites for hydroxylation is 1. The Morgan fingerprint density at radius 2 is 2.06 bits per heavy atom. The highest BCUT2D eigenvalue weighted by Crippen LogP contribution is 2.04. The van der Waals surface area contributed by atoms with Crippen LogP contribution in [0.3, 0.4) is 0 Å². The van der Waals surface area contributed by atoms with Crippen molar-refractivity contribution in [3.63, 3.8) is 0 Å². The van der Waals surface area contributed by atoms with Crippen molar-refractivity contribution in [1.82, 2.24) is 9.97 Å². The van der Waals surface area contributed by atoms with Gasteiger partial charge in [0.2, 0.25) is 0 Å². The molecule has 0 aliphatic rings. The van der Waals surface area contributed by atoms with Crippen LogP contribution in [0.4, 0.5) is 5.69 Å². The van der Waals surface area contributed by atoms with Crippen molar-refractivity contribution >= 4 is 11.6 Å². The molecule has 0 aliphatic heterocycles. The summed E-state index contributed by atoms with van der Waals surface area (Å²) < 4.78 is 0. The van der Waals surface area contributed by atoms with Gasteiger partial charge in [0.25, 0.3) is 0 Å². The third-order valence-electron chi connectivity index (χ3n) is 2.29. The molecule has 0 amide bonds. The third kappa shape index (κ3) is 3.55. The fraction of sp³-hybridized carbons (Fsp3) is 0.154. The minimum Gasteiger partial charge on any atom is -0.370 e. The van der Waals surface area contributed by atoms with Gasteiger partial charge in [0.15, 0.2) is 5.96 Å². The molecule has 2 aromatic rings. The van der Waals surface area contributed by atoms with Gasteiger partial charge in [-0.25, -0.2) is 15.0 Å². The molecular formula is C13H15N5. The van der Waals surface area contributed by atoms with Gasteiger partial charge in [-0.05, 0) is 25.1 Å². The maximum atomic E-state index is 5.79. The quantitative estimate of drug-likeness (QED) is 0.633. The van der Waals surface area contributed by atoms with Crippen molar-refractivity contribution in [2.24, 2.45) is 10.7 Å². The first-order valence-corrected chi connectivity index (χ1v) is 5.64. The van der Waals surface area contributed by atoms with Crippen LogP contribution in [0.2, 0.25) is 0 Å². The standard InChI is InChI=1S/C13H15N5/c1-10-15-8-7-12(17-10)9-16-13(14)18-11-5-3-2-4-6-11/h2-8H,9H2,1H3,(H3,14,16,18). The van der Waals surface area contributed by atoms with Crippen LogP contribution in [0.5, 0.6) is 0 Å². The molecule has 0 bridgehead atoms. The molecule has 1 heterocycles. The molecule has 1 aromatic heterocycles. The van der Waals surface area contributed by atoms with Gasteiger partial charge in [-0.15, -0.1) is 0 Å². The van der Waals surface area contributed by atoms with E-state index in [-0.39, 0.29) is 0 Å². The van der Waals surface area contributed by atoms with Crippen LogP contribution in [-0.4, -0.2) is 15.9 Å². The lowest BCUT2D eigenvalue weighted by atomic mass is 10.3. The second-order valence-corrected chi connectivity index (χ2v) is 3.79. The van der Waals surface area contributed by atoms with Gasteiger partial charge in [0.1, 0.15) is 5.82 Å². The van der Waals surface area contributed by atoms with Crippen LogP contribution >= 0.6 is 0 Å². The lowest BCUT2D eigenvalue weighted by Gasteiger charge is -2.04. The molecule has 0 spiro atoms. The maximum absolute atomic E-state index is 5.79. The number of para-hydroxylation sites is 1. The van der Waals surface area contributed by atoms with Gasteiger partial charge in [-0.1, -0.05) is 18.2 Å². The summed E-state index contributed by atoms with van der Waals surface area (Å²) in [7, 11) is 0. The van der Waals surface area contributed by atoms with Crippen molar-refractivity contribution < 1.29 is 0 Å². The fourth-order valence-electron chi connectivity index (χ4n) is 1.47. The second-order valence-electron chi connectivity index (χ2n) is 3.79. The molecule has 0 fully saturated rings. The molecule has 0 saturated heterocycles. The summed E-state index contributed by atoms with van der Waals surface area (Å²) in [6, 6.07) is 11.5. The summed E-state index contributed by atoms with van der Waals surface area (Å²) in [6.07, 6.45) is 1.72. The summed E-state index contributed by atoms with van der Waals surface area (Å²) in [6.45, 7) is 2.29. The van der Waals surface area contributed by atoms with Gasteiger partial charge >= 0.3 is 0 Å². The van der Waals surface area contributed by atoms with Crippen molar-refractivity contribution in [2.45, 2.75) is 13.5 Å².